The number of halogens is 2. The van der Waals surface area contributed by atoms with Crippen LogP contribution in [0.15, 0.2) is 48.0 Å². The van der Waals surface area contributed by atoms with E-state index in [1.807, 2.05) is 4.90 Å². The van der Waals surface area contributed by atoms with Gasteiger partial charge in [0, 0.05) is 23.7 Å². The first-order chi connectivity index (χ1) is 13.7. The zero-order valence-electron chi connectivity index (χ0n) is 15.9. The summed E-state index contributed by atoms with van der Waals surface area (Å²) in [6.45, 7) is 0.579. The molecule has 0 radical (unpaired) electrons. The Morgan fingerprint density at radius 2 is 1.90 bits per heavy atom. The van der Waals surface area contributed by atoms with E-state index in [9.17, 15) is 24.2 Å². The molecule has 1 saturated heterocycles. The van der Waals surface area contributed by atoms with E-state index < -0.39 is 29.3 Å². The number of carbonyl (C=O) groups excluding carboxylic acids is 2. The quantitative estimate of drug-likeness (QED) is 0.443. The van der Waals surface area contributed by atoms with Gasteiger partial charge in [-0.05, 0) is 38.4 Å². The maximum Gasteiger partial charge on any atom is 0.295 e. The van der Waals surface area contributed by atoms with E-state index in [4.69, 9.17) is 11.6 Å². The number of phenols is 1. The molecule has 152 valence electrons. The van der Waals surface area contributed by atoms with E-state index in [0.29, 0.717) is 6.54 Å². The minimum atomic E-state index is -1.13. The van der Waals surface area contributed by atoms with E-state index in [1.165, 1.54) is 41.3 Å². The average Bonchev–Trinajstić information content (AvgIpc) is 2.92. The highest BCUT2D eigenvalue weighted by atomic mass is 35.5. The number of nitrogens with zero attached hydrogens (tertiary/aromatic N) is 2. The van der Waals surface area contributed by atoms with Crippen LogP contribution >= 0.6 is 11.6 Å². The second-order valence-corrected chi connectivity index (χ2v) is 7.42. The molecule has 6 nitrogen and oxygen atoms in total. The van der Waals surface area contributed by atoms with Crippen LogP contribution in [0.1, 0.15) is 17.2 Å². The Hall–Kier alpha value is -2.90. The minimum absolute atomic E-state index is 0.0773. The number of aromatic hydroxyl groups is 1. The molecule has 0 saturated carbocycles. The van der Waals surface area contributed by atoms with Gasteiger partial charge in [0.25, 0.3) is 11.7 Å². The molecular weight excluding hydrogens is 399 g/mol. The molecule has 0 unspecified atom stereocenters. The maximum atomic E-state index is 14.6. The molecule has 1 aliphatic rings. The van der Waals surface area contributed by atoms with Crippen molar-refractivity contribution < 1.29 is 24.2 Å². The second-order valence-electron chi connectivity index (χ2n) is 6.98. The fourth-order valence-electron chi connectivity index (χ4n) is 3.28. The first-order valence-corrected chi connectivity index (χ1v) is 9.26. The smallest absolute Gasteiger partial charge is 0.295 e. The van der Waals surface area contributed by atoms with Gasteiger partial charge in [0.15, 0.2) is 0 Å². The van der Waals surface area contributed by atoms with Gasteiger partial charge in [0.2, 0.25) is 0 Å². The summed E-state index contributed by atoms with van der Waals surface area (Å²) in [6, 6.07) is 8.58. The number of benzene rings is 2. The van der Waals surface area contributed by atoms with E-state index in [0.717, 1.165) is 0 Å². The summed E-state index contributed by atoms with van der Waals surface area (Å²) in [7, 11) is 3.61. The predicted molar refractivity (Wildman–Crippen MR) is 107 cm³/mol. The Balaban J connectivity index is 2.22. The highest BCUT2D eigenvalue weighted by molar-refractivity contribution is 6.46. The summed E-state index contributed by atoms with van der Waals surface area (Å²) >= 11 is 5.95. The number of hydrogen-bond acceptors (Lipinski definition) is 5. The number of rotatable bonds is 5. The van der Waals surface area contributed by atoms with Gasteiger partial charge in [-0.15, -0.1) is 0 Å². The molecule has 29 heavy (non-hydrogen) atoms. The van der Waals surface area contributed by atoms with Gasteiger partial charge in [0.1, 0.15) is 17.3 Å². The van der Waals surface area contributed by atoms with Gasteiger partial charge in [-0.3, -0.25) is 9.59 Å². The Bertz CT molecular complexity index is 1010. The number of ketones is 1. The van der Waals surface area contributed by atoms with E-state index in [-0.39, 0.29) is 34.0 Å². The van der Waals surface area contributed by atoms with Gasteiger partial charge in [-0.2, -0.15) is 0 Å². The van der Waals surface area contributed by atoms with Crippen LogP contribution in [0.25, 0.3) is 5.76 Å². The predicted octanol–water partition coefficient (Wildman–Crippen LogP) is 3.17. The van der Waals surface area contributed by atoms with Crippen molar-refractivity contribution in [3.05, 3.63) is 70.0 Å². The monoisotopic (exact) mass is 418 g/mol. The third-order valence-electron chi connectivity index (χ3n) is 4.74. The van der Waals surface area contributed by atoms with Gasteiger partial charge >= 0.3 is 0 Å². The van der Waals surface area contributed by atoms with Crippen molar-refractivity contribution in [2.75, 3.05) is 27.2 Å². The molecular formula is C21H20ClFN2O4. The summed E-state index contributed by atoms with van der Waals surface area (Å²) in [5.74, 6) is -3.34. The topological polar surface area (TPSA) is 81.1 Å². The number of likely N-dealkylation sites (N-methyl/N-ethyl adjacent to an activating group) is 1. The van der Waals surface area contributed by atoms with Crippen LogP contribution in [-0.4, -0.2) is 58.9 Å². The Labute approximate surface area is 172 Å². The van der Waals surface area contributed by atoms with E-state index in [2.05, 4.69) is 0 Å². The second kappa shape index (κ2) is 8.23. The van der Waals surface area contributed by atoms with Crippen molar-refractivity contribution in [1.29, 1.82) is 0 Å². The van der Waals surface area contributed by atoms with Crippen molar-refractivity contribution >= 4 is 29.1 Å². The number of phenolic OH excluding ortho intramolecular Hbond substituents is 1. The number of likely N-dealkylation sites (tertiary alicyclic amines) is 1. The molecule has 1 heterocycles. The Morgan fingerprint density at radius 3 is 2.55 bits per heavy atom. The van der Waals surface area contributed by atoms with Crippen LogP contribution in [0.4, 0.5) is 4.39 Å². The summed E-state index contributed by atoms with van der Waals surface area (Å²) < 4.78 is 14.6. The van der Waals surface area contributed by atoms with Crippen LogP contribution in [0.3, 0.4) is 0 Å². The van der Waals surface area contributed by atoms with Crippen molar-refractivity contribution in [2.45, 2.75) is 6.04 Å². The van der Waals surface area contributed by atoms with Crippen molar-refractivity contribution in [3.8, 4) is 5.75 Å². The summed E-state index contributed by atoms with van der Waals surface area (Å²) in [4.78, 5) is 28.6. The Kier molecular flexibility index (Phi) is 5.91. The lowest BCUT2D eigenvalue weighted by Crippen LogP contribution is -2.35. The fraction of sp³-hybridized carbons (Fsp3) is 0.238. The lowest BCUT2D eigenvalue weighted by atomic mass is 9.94. The molecule has 2 aromatic carbocycles. The van der Waals surface area contributed by atoms with Crippen LogP contribution in [0.2, 0.25) is 5.02 Å². The molecule has 8 heteroatoms. The SMILES string of the molecule is CN(C)CCN1C(=O)C(=O)C(=C(O)c2cc(Cl)ccc2O)[C@@H]1c1ccccc1F. The van der Waals surface area contributed by atoms with Gasteiger partial charge < -0.3 is 20.0 Å². The molecule has 2 aromatic rings. The largest absolute Gasteiger partial charge is 0.507 e. The molecule has 0 aliphatic carbocycles. The molecule has 3 rings (SSSR count). The lowest BCUT2D eigenvalue weighted by molar-refractivity contribution is -0.140. The number of amides is 1. The summed E-state index contributed by atoms with van der Waals surface area (Å²) in [5.41, 5.74) is -0.325. The molecule has 0 bridgehead atoms. The van der Waals surface area contributed by atoms with E-state index in [1.54, 1.807) is 20.2 Å². The number of Topliss-reactive ketones (excluding diaryl/α,β-unsaturated/α-hetero) is 1. The van der Waals surface area contributed by atoms with Crippen molar-refractivity contribution in [1.82, 2.24) is 9.80 Å². The minimum Gasteiger partial charge on any atom is -0.507 e. The highest BCUT2D eigenvalue weighted by Gasteiger charge is 2.47. The maximum absolute atomic E-state index is 14.6. The third kappa shape index (κ3) is 3.97. The highest BCUT2D eigenvalue weighted by Crippen LogP contribution is 2.41. The number of carbonyl (C=O) groups is 2. The number of aliphatic hydroxyl groups excluding tert-OH is 1. The first kappa shape index (κ1) is 20.8. The summed E-state index contributed by atoms with van der Waals surface area (Å²) in [6.07, 6.45) is 0. The van der Waals surface area contributed by atoms with Crippen molar-refractivity contribution in [3.63, 3.8) is 0 Å². The standard InChI is InChI=1S/C21H20ClFN2O4/c1-24(2)9-10-25-18(13-5-3-4-6-15(13)23)17(20(28)21(25)29)19(27)14-11-12(22)7-8-16(14)26/h3-8,11,18,26-27H,9-10H2,1-2H3/t18-/m0/s1. The number of hydrogen-bond donors (Lipinski definition) is 2. The lowest BCUT2D eigenvalue weighted by Gasteiger charge is -2.26. The average molecular weight is 419 g/mol. The molecule has 0 spiro atoms. The normalized spacial score (nSPS) is 18.7. The number of aliphatic hydroxyl groups is 1. The zero-order valence-corrected chi connectivity index (χ0v) is 16.7. The molecule has 1 aliphatic heterocycles. The molecule has 1 amide bonds. The van der Waals surface area contributed by atoms with E-state index >= 15 is 0 Å². The summed E-state index contributed by atoms with van der Waals surface area (Å²) in [5, 5.41) is 21.2. The Morgan fingerprint density at radius 1 is 1.21 bits per heavy atom. The third-order valence-corrected chi connectivity index (χ3v) is 4.98. The van der Waals surface area contributed by atoms with Crippen LogP contribution in [0, 0.1) is 5.82 Å². The van der Waals surface area contributed by atoms with Gasteiger partial charge in [0.05, 0.1) is 17.2 Å². The zero-order chi connectivity index (χ0) is 21.3. The molecule has 0 aromatic heterocycles. The first-order valence-electron chi connectivity index (χ1n) is 8.88. The fourth-order valence-corrected chi connectivity index (χ4v) is 3.45. The molecule has 1 atom stereocenters. The van der Waals surface area contributed by atoms with Crippen LogP contribution in [0.5, 0.6) is 5.75 Å². The van der Waals surface area contributed by atoms with Gasteiger partial charge in [-0.25, -0.2) is 4.39 Å². The van der Waals surface area contributed by atoms with Crippen molar-refractivity contribution in [2.24, 2.45) is 0 Å². The van der Waals surface area contributed by atoms with Crippen LogP contribution < -0.4 is 0 Å². The van der Waals surface area contributed by atoms with Gasteiger partial charge in [-0.1, -0.05) is 29.8 Å². The molecule has 2 N–H and O–H groups in total. The molecule has 1 fully saturated rings. The van der Waals surface area contributed by atoms with Crippen LogP contribution in [-0.2, 0) is 9.59 Å².